The number of amides is 3. The van der Waals surface area contributed by atoms with Crippen LogP contribution in [0.4, 0.5) is 4.79 Å². The van der Waals surface area contributed by atoms with Crippen LogP contribution in [-0.4, -0.2) is 54.2 Å². The Balaban J connectivity index is 2.26. The maximum Gasteiger partial charge on any atom is 0.408 e. The summed E-state index contributed by atoms with van der Waals surface area (Å²) in [7, 11) is 1.26. The second kappa shape index (κ2) is 15.0. The molecule has 0 spiro atoms. The molecule has 9 nitrogen and oxygen atoms in total. The van der Waals surface area contributed by atoms with Crippen LogP contribution in [-0.2, 0) is 30.3 Å². The maximum absolute atomic E-state index is 13.6. The second-order valence-corrected chi connectivity index (χ2v) is 11.9. The number of carbonyl (C=O) groups excluding carboxylic acids is 4. The molecule has 1 unspecified atom stereocenters. The van der Waals surface area contributed by atoms with Gasteiger partial charge < -0.3 is 25.4 Å². The summed E-state index contributed by atoms with van der Waals surface area (Å²) in [6.07, 6.45) is 6.90. The van der Waals surface area contributed by atoms with E-state index in [1.807, 2.05) is 30.3 Å². The summed E-state index contributed by atoms with van der Waals surface area (Å²) in [5, 5.41) is 8.28. The molecule has 1 aliphatic carbocycles. The zero-order valence-corrected chi connectivity index (χ0v) is 25.5. The monoisotopic (exact) mass is 619 g/mol. The van der Waals surface area contributed by atoms with Gasteiger partial charge in [-0.2, -0.15) is 0 Å². The van der Waals surface area contributed by atoms with Crippen LogP contribution in [0.25, 0.3) is 0 Å². The Morgan fingerprint density at radius 1 is 1.10 bits per heavy atom. The Labute approximate surface area is 245 Å². The number of hydrogen-bond donors (Lipinski definition) is 3. The minimum Gasteiger partial charge on any atom is -0.467 e. The molecule has 1 fully saturated rings. The van der Waals surface area contributed by atoms with Crippen LogP contribution in [0.2, 0.25) is 0 Å². The van der Waals surface area contributed by atoms with Gasteiger partial charge in [0.15, 0.2) is 0 Å². The number of unbranched alkanes of at least 4 members (excludes halogenated alkanes) is 3. The Kier molecular flexibility index (Phi) is 12.4. The van der Waals surface area contributed by atoms with E-state index in [2.05, 4.69) is 45.0 Å². The highest BCUT2D eigenvalue weighted by atomic mass is 79.9. The Hall–Kier alpha value is -3.14. The van der Waals surface area contributed by atoms with Crippen LogP contribution in [0, 0.1) is 5.92 Å². The van der Waals surface area contributed by atoms with Crippen molar-refractivity contribution in [2.24, 2.45) is 5.92 Å². The lowest BCUT2D eigenvalue weighted by Crippen LogP contribution is -2.57. The molecule has 0 heterocycles. The number of carbonyl (C=O) groups is 4. The fourth-order valence-electron chi connectivity index (χ4n) is 4.40. The summed E-state index contributed by atoms with van der Waals surface area (Å²) in [5.74, 6) is -1.90. The lowest BCUT2D eigenvalue weighted by atomic mass is 10.0. The zero-order valence-electron chi connectivity index (χ0n) is 23.9. The van der Waals surface area contributed by atoms with Crippen LogP contribution >= 0.6 is 15.9 Å². The Bertz CT molecular complexity index is 1090. The van der Waals surface area contributed by atoms with Gasteiger partial charge >= 0.3 is 12.1 Å². The number of hydrogen-bond acceptors (Lipinski definition) is 6. The smallest absolute Gasteiger partial charge is 0.408 e. The van der Waals surface area contributed by atoms with E-state index in [0.29, 0.717) is 19.3 Å². The van der Waals surface area contributed by atoms with Gasteiger partial charge in [-0.3, -0.25) is 9.59 Å². The van der Waals surface area contributed by atoms with Gasteiger partial charge in [-0.05, 0) is 64.2 Å². The standard InChI is InChI=1S/C30H42BrN3O6/c1-7-9-10-11-12-16-23(33-28(38)40-29(3,4)5)25(35)32-24(18-20-14-13-15-22(31)17-20)26(36)34-30(27(37)39-6)19-21(30)8-2/h7-8,13-15,17,21,23-24H,1-2,9-12,16,18-19H2,3-6H3,(H,32,35)(H,33,38)(H,34,36)/t21-,23?,24+,30-/m1/s1. The Morgan fingerprint density at radius 3 is 2.40 bits per heavy atom. The highest BCUT2D eigenvalue weighted by Crippen LogP contribution is 2.45. The molecule has 0 saturated heterocycles. The van der Waals surface area contributed by atoms with E-state index in [0.717, 1.165) is 29.3 Å². The van der Waals surface area contributed by atoms with Crippen molar-refractivity contribution < 1.29 is 28.7 Å². The molecular formula is C30H42BrN3O6. The molecule has 0 bridgehead atoms. The fourth-order valence-corrected chi connectivity index (χ4v) is 4.85. The molecule has 1 aromatic carbocycles. The van der Waals surface area contributed by atoms with Crippen molar-refractivity contribution in [1.82, 2.24) is 16.0 Å². The average molecular weight is 621 g/mol. The van der Waals surface area contributed by atoms with Crippen LogP contribution in [0.15, 0.2) is 54.0 Å². The molecule has 0 aliphatic heterocycles. The second-order valence-electron chi connectivity index (χ2n) is 11.0. The van der Waals surface area contributed by atoms with Gasteiger partial charge in [-0.25, -0.2) is 9.59 Å². The minimum atomic E-state index is -1.22. The first kappa shape index (κ1) is 33.1. The molecule has 3 N–H and O–H groups in total. The molecule has 40 heavy (non-hydrogen) atoms. The first-order chi connectivity index (χ1) is 18.8. The summed E-state index contributed by atoms with van der Waals surface area (Å²) in [5.41, 5.74) is -1.17. The van der Waals surface area contributed by atoms with E-state index in [9.17, 15) is 19.2 Å². The van der Waals surface area contributed by atoms with E-state index in [4.69, 9.17) is 9.47 Å². The average Bonchev–Trinajstić information content (AvgIpc) is 3.59. The number of nitrogens with one attached hydrogen (secondary N) is 3. The van der Waals surface area contributed by atoms with Crippen molar-refractivity contribution in [3.05, 3.63) is 59.6 Å². The lowest BCUT2D eigenvalue weighted by Gasteiger charge is -2.26. The Morgan fingerprint density at radius 2 is 1.82 bits per heavy atom. The molecule has 220 valence electrons. The van der Waals surface area contributed by atoms with E-state index in [1.54, 1.807) is 26.8 Å². The van der Waals surface area contributed by atoms with Crippen molar-refractivity contribution in [3.63, 3.8) is 0 Å². The van der Waals surface area contributed by atoms with Crippen LogP contribution in [0.1, 0.15) is 64.9 Å². The molecule has 0 aromatic heterocycles. The zero-order chi connectivity index (χ0) is 29.9. The number of allylic oxidation sites excluding steroid dienone is 1. The van der Waals surface area contributed by atoms with Crippen LogP contribution < -0.4 is 16.0 Å². The van der Waals surface area contributed by atoms with Crippen molar-refractivity contribution in [1.29, 1.82) is 0 Å². The van der Waals surface area contributed by atoms with Gasteiger partial charge in [-0.1, -0.05) is 53.1 Å². The lowest BCUT2D eigenvalue weighted by molar-refractivity contribution is -0.147. The number of halogens is 1. The highest BCUT2D eigenvalue weighted by molar-refractivity contribution is 9.10. The topological polar surface area (TPSA) is 123 Å². The van der Waals surface area contributed by atoms with Gasteiger partial charge in [0, 0.05) is 16.8 Å². The van der Waals surface area contributed by atoms with Gasteiger partial charge in [0.2, 0.25) is 11.8 Å². The number of methoxy groups -OCH3 is 1. The van der Waals surface area contributed by atoms with Crippen molar-refractivity contribution >= 4 is 39.8 Å². The molecule has 1 aliphatic rings. The van der Waals surface area contributed by atoms with Gasteiger partial charge in [0.25, 0.3) is 0 Å². The predicted octanol–water partition coefficient (Wildman–Crippen LogP) is 4.74. The van der Waals surface area contributed by atoms with E-state index in [1.165, 1.54) is 7.11 Å². The normalized spacial score (nSPS) is 19.4. The molecule has 0 radical (unpaired) electrons. The summed E-state index contributed by atoms with van der Waals surface area (Å²) < 4.78 is 11.1. The predicted molar refractivity (Wildman–Crippen MR) is 157 cm³/mol. The van der Waals surface area contributed by atoms with E-state index >= 15 is 0 Å². The molecule has 10 heteroatoms. The summed E-state index contributed by atoms with van der Waals surface area (Å²) in [6, 6.07) is 5.42. The number of ether oxygens (including phenoxy) is 2. The maximum atomic E-state index is 13.6. The molecule has 4 atom stereocenters. The summed E-state index contributed by atoms with van der Waals surface area (Å²) in [4.78, 5) is 52.2. The summed E-state index contributed by atoms with van der Waals surface area (Å²) in [6.45, 7) is 12.7. The minimum absolute atomic E-state index is 0.158. The fraction of sp³-hybridized carbons (Fsp3) is 0.533. The van der Waals surface area contributed by atoms with E-state index in [-0.39, 0.29) is 12.3 Å². The van der Waals surface area contributed by atoms with Crippen LogP contribution in [0.3, 0.4) is 0 Å². The van der Waals surface area contributed by atoms with Gasteiger partial charge in [-0.15, -0.1) is 13.2 Å². The van der Waals surface area contributed by atoms with Gasteiger partial charge in [0.1, 0.15) is 23.2 Å². The van der Waals surface area contributed by atoms with Crippen LogP contribution in [0.5, 0.6) is 0 Å². The first-order valence-electron chi connectivity index (χ1n) is 13.5. The third kappa shape index (κ3) is 10.1. The molecule has 3 amide bonds. The van der Waals surface area contributed by atoms with Gasteiger partial charge in [0.05, 0.1) is 7.11 Å². The van der Waals surface area contributed by atoms with E-state index < -0.39 is 47.1 Å². The van der Waals surface area contributed by atoms with Crippen molar-refractivity contribution in [3.8, 4) is 0 Å². The van der Waals surface area contributed by atoms with Crippen molar-refractivity contribution in [2.75, 3.05) is 7.11 Å². The SMILES string of the molecule is C=CCCCCCC(NC(=O)OC(C)(C)C)C(=O)N[C@@H](Cc1cccc(Br)c1)C(=O)N[C@]1(C(=O)OC)C[C@H]1C=C. The number of benzene rings is 1. The molecule has 1 saturated carbocycles. The third-order valence-corrected chi connectivity index (χ3v) is 7.06. The molecule has 2 rings (SSSR count). The largest absolute Gasteiger partial charge is 0.467 e. The third-order valence-electron chi connectivity index (χ3n) is 6.57. The summed E-state index contributed by atoms with van der Waals surface area (Å²) >= 11 is 3.44. The number of alkyl carbamates (subject to hydrolysis) is 1. The number of esters is 1. The van der Waals surface area contributed by atoms with Crippen molar-refractivity contribution in [2.45, 2.75) is 88.9 Å². The molecular weight excluding hydrogens is 578 g/mol. The number of rotatable bonds is 15. The first-order valence-corrected chi connectivity index (χ1v) is 14.3. The highest BCUT2D eigenvalue weighted by Gasteiger charge is 2.61. The quantitative estimate of drug-likeness (QED) is 0.148. The molecule has 1 aromatic rings.